The maximum atomic E-state index is 13.4. The summed E-state index contributed by atoms with van der Waals surface area (Å²) in [4.78, 5) is 30.0. The van der Waals surface area contributed by atoms with Crippen molar-refractivity contribution in [3.8, 4) is 0 Å². The fraction of sp³-hybridized carbons (Fsp3) is 0.548. The summed E-state index contributed by atoms with van der Waals surface area (Å²) in [5.41, 5.74) is 8.49. The Morgan fingerprint density at radius 1 is 0.889 bits per heavy atom. The molecule has 2 aromatic carbocycles. The van der Waals surface area contributed by atoms with Crippen LogP contribution >= 0.6 is 0 Å². The maximum absolute atomic E-state index is 13.4. The number of primary amides is 1. The molecule has 2 N–H and O–H groups in total. The minimum absolute atomic E-state index is 0.275. The molecule has 0 aromatic heterocycles. The van der Waals surface area contributed by atoms with Crippen molar-refractivity contribution < 1.29 is 9.59 Å². The molecule has 2 saturated heterocycles. The molecule has 3 aliphatic rings. The lowest BCUT2D eigenvalue weighted by Crippen LogP contribution is -2.48. The lowest BCUT2D eigenvalue weighted by Gasteiger charge is -2.40. The first-order chi connectivity index (χ1) is 17.6. The van der Waals surface area contributed by atoms with Gasteiger partial charge in [0.05, 0.1) is 6.42 Å². The van der Waals surface area contributed by atoms with Crippen LogP contribution in [0.25, 0.3) is 0 Å². The Labute approximate surface area is 216 Å². The van der Waals surface area contributed by atoms with Gasteiger partial charge in [-0.05, 0) is 73.6 Å². The molecule has 1 saturated carbocycles. The summed E-state index contributed by atoms with van der Waals surface area (Å²) < 4.78 is 0. The van der Waals surface area contributed by atoms with Gasteiger partial charge in [-0.25, -0.2) is 0 Å². The first-order valence-corrected chi connectivity index (χ1v) is 14.0. The van der Waals surface area contributed by atoms with E-state index in [1.807, 2.05) is 36.4 Å². The number of amides is 2. The van der Waals surface area contributed by atoms with Crippen molar-refractivity contribution in [1.29, 1.82) is 0 Å². The van der Waals surface area contributed by atoms with Gasteiger partial charge in [0.2, 0.25) is 11.8 Å². The molecule has 2 heterocycles. The van der Waals surface area contributed by atoms with Crippen LogP contribution in [0.2, 0.25) is 0 Å². The Hall–Kier alpha value is -2.66. The van der Waals surface area contributed by atoms with Crippen molar-refractivity contribution >= 4 is 11.8 Å². The Bertz CT molecular complexity index is 1020. The second kappa shape index (κ2) is 11.6. The van der Waals surface area contributed by atoms with Crippen molar-refractivity contribution in [2.24, 2.45) is 11.7 Å². The summed E-state index contributed by atoms with van der Waals surface area (Å²) in [6, 6.07) is 19.2. The highest BCUT2D eigenvalue weighted by molar-refractivity contribution is 5.92. The predicted octanol–water partition coefficient (Wildman–Crippen LogP) is 5.15. The number of piperidine rings is 1. The van der Waals surface area contributed by atoms with Gasteiger partial charge in [0.1, 0.15) is 0 Å². The quantitative estimate of drug-likeness (QED) is 0.532. The number of fused-ring (bicyclic) bond motifs is 2. The van der Waals surface area contributed by atoms with E-state index in [1.54, 1.807) is 0 Å². The summed E-state index contributed by atoms with van der Waals surface area (Å²) >= 11 is 0. The van der Waals surface area contributed by atoms with Crippen LogP contribution in [0.4, 0.5) is 0 Å². The lowest BCUT2D eigenvalue weighted by atomic mass is 9.84. The highest BCUT2D eigenvalue weighted by Crippen LogP contribution is 2.43. The third-order valence-corrected chi connectivity index (χ3v) is 8.91. The third kappa shape index (κ3) is 6.00. The molecular weight excluding hydrogens is 446 g/mol. The number of hydrogen-bond donors (Lipinski definition) is 1. The SMILES string of the molecule is NC(=O)c1cccc(C2C[C@H]3CC[C@@H](C2)N3CCN(CC2CCCCC2)C(=O)Cc2ccccc2)c1. The third-order valence-electron chi connectivity index (χ3n) is 8.91. The standard InChI is InChI=1S/C31H41N3O2/c32-31(36)26-13-7-12-25(19-26)27-20-28-14-15-29(21-27)34(28)17-16-33(22-24-10-5-2-6-11-24)30(35)18-23-8-3-1-4-9-23/h1,3-4,7-9,12-13,19,24,27-29H,2,5-6,10-11,14-18,20-22H2,(H2,32,36)/t27?,28-,29+. The smallest absolute Gasteiger partial charge is 0.248 e. The molecule has 1 unspecified atom stereocenters. The molecule has 192 valence electrons. The maximum Gasteiger partial charge on any atom is 0.248 e. The van der Waals surface area contributed by atoms with E-state index in [4.69, 9.17) is 5.73 Å². The topological polar surface area (TPSA) is 66.6 Å². The molecule has 0 radical (unpaired) electrons. The van der Waals surface area contributed by atoms with Gasteiger partial charge in [-0.1, -0.05) is 61.7 Å². The Kier molecular flexibility index (Phi) is 8.05. The van der Waals surface area contributed by atoms with E-state index in [1.165, 1.54) is 50.5 Å². The van der Waals surface area contributed by atoms with E-state index in [9.17, 15) is 9.59 Å². The van der Waals surface area contributed by atoms with Crippen LogP contribution in [0.15, 0.2) is 54.6 Å². The van der Waals surface area contributed by atoms with Crippen molar-refractivity contribution in [2.45, 2.75) is 82.2 Å². The second-order valence-electron chi connectivity index (χ2n) is 11.3. The van der Waals surface area contributed by atoms with E-state index < -0.39 is 0 Å². The van der Waals surface area contributed by atoms with Crippen LogP contribution < -0.4 is 5.73 Å². The van der Waals surface area contributed by atoms with Gasteiger partial charge < -0.3 is 10.6 Å². The molecule has 3 fully saturated rings. The summed E-state index contributed by atoms with van der Waals surface area (Å²) in [5, 5.41) is 0. The van der Waals surface area contributed by atoms with Gasteiger partial charge in [-0.2, -0.15) is 0 Å². The van der Waals surface area contributed by atoms with Crippen LogP contribution in [0.3, 0.4) is 0 Å². The number of benzene rings is 2. The summed E-state index contributed by atoms with van der Waals surface area (Å²) in [6.07, 6.45) is 11.7. The van der Waals surface area contributed by atoms with Crippen molar-refractivity contribution in [3.63, 3.8) is 0 Å². The average Bonchev–Trinajstić information content (AvgIpc) is 3.13. The monoisotopic (exact) mass is 487 g/mol. The molecule has 2 amide bonds. The van der Waals surface area contributed by atoms with Crippen LogP contribution in [-0.4, -0.2) is 53.3 Å². The van der Waals surface area contributed by atoms with Gasteiger partial charge in [-0.15, -0.1) is 0 Å². The molecule has 2 bridgehead atoms. The first-order valence-electron chi connectivity index (χ1n) is 14.0. The Morgan fingerprint density at radius 3 is 2.31 bits per heavy atom. The molecule has 1 aliphatic carbocycles. The van der Waals surface area contributed by atoms with Crippen LogP contribution in [0, 0.1) is 5.92 Å². The van der Waals surface area contributed by atoms with Crippen LogP contribution in [0.5, 0.6) is 0 Å². The number of carbonyl (C=O) groups excluding carboxylic acids is 2. The predicted molar refractivity (Wildman–Crippen MR) is 144 cm³/mol. The zero-order valence-electron chi connectivity index (χ0n) is 21.5. The number of nitrogens with two attached hydrogens (primary N) is 1. The zero-order valence-corrected chi connectivity index (χ0v) is 21.5. The van der Waals surface area contributed by atoms with Gasteiger partial charge in [0.25, 0.3) is 0 Å². The normalized spacial score (nSPS) is 24.5. The van der Waals surface area contributed by atoms with Gasteiger partial charge in [0, 0.05) is 37.3 Å². The van der Waals surface area contributed by atoms with Crippen LogP contribution in [-0.2, 0) is 11.2 Å². The van der Waals surface area contributed by atoms with E-state index in [-0.39, 0.29) is 11.8 Å². The molecule has 5 rings (SSSR count). The van der Waals surface area contributed by atoms with Gasteiger partial charge in [-0.3, -0.25) is 14.5 Å². The number of hydrogen-bond acceptors (Lipinski definition) is 3. The van der Waals surface area contributed by atoms with Crippen molar-refractivity contribution in [1.82, 2.24) is 9.80 Å². The highest BCUT2D eigenvalue weighted by atomic mass is 16.2. The second-order valence-corrected chi connectivity index (χ2v) is 11.3. The van der Waals surface area contributed by atoms with Gasteiger partial charge in [0.15, 0.2) is 0 Å². The molecule has 5 nitrogen and oxygen atoms in total. The van der Waals surface area contributed by atoms with E-state index in [2.05, 4.69) is 28.0 Å². The minimum Gasteiger partial charge on any atom is -0.366 e. The lowest BCUT2D eigenvalue weighted by molar-refractivity contribution is -0.131. The average molecular weight is 488 g/mol. The molecule has 2 aromatic rings. The van der Waals surface area contributed by atoms with E-state index in [0.717, 1.165) is 38.0 Å². The van der Waals surface area contributed by atoms with E-state index in [0.29, 0.717) is 35.9 Å². The fourth-order valence-corrected chi connectivity index (χ4v) is 6.97. The number of rotatable bonds is 9. The molecule has 0 spiro atoms. The summed E-state index contributed by atoms with van der Waals surface area (Å²) in [5.74, 6) is 1.06. The van der Waals surface area contributed by atoms with Crippen molar-refractivity contribution in [3.05, 3.63) is 71.3 Å². The minimum atomic E-state index is -0.351. The fourth-order valence-electron chi connectivity index (χ4n) is 6.97. The van der Waals surface area contributed by atoms with E-state index >= 15 is 0 Å². The van der Waals surface area contributed by atoms with Crippen LogP contribution in [0.1, 0.15) is 85.2 Å². The molecule has 2 aliphatic heterocycles. The molecular formula is C31H41N3O2. The van der Waals surface area contributed by atoms with Gasteiger partial charge >= 0.3 is 0 Å². The first kappa shape index (κ1) is 25.0. The summed E-state index contributed by atoms with van der Waals surface area (Å²) in [7, 11) is 0. The summed E-state index contributed by atoms with van der Waals surface area (Å²) in [6.45, 7) is 2.71. The molecule has 5 heteroatoms. The Morgan fingerprint density at radius 2 is 1.61 bits per heavy atom. The zero-order chi connectivity index (χ0) is 24.9. The van der Waals surface area contributed by atoms with Crippen molar-refractivity contribution in [2.75, 3.05) is 19.6 Å². The number of nitrogens with zero attached hydrogens (tertiary/aromatic N) is 2. The largest absolute Gasteiger partial charge is 0.366 e. The molecule has 3 atom stereocenters. The highest BCUT2D eigenvalue weighted by Gasteiger charge is 2.41. The number of carbonyl (C=O) groups is 2. The molecule has 36 heavy (non-hydrogen) atoms. The Balaban J connectivity index is 1.22.